The Kier molecular flexibility index (Phi) is 4.17. The van der Waals surface area contributed by atoms with E-state index in [1.807, 2.05) is 31.4 Å². The van der Waals surface area contributed by atoms with Crippen molar-refractivity contribution >= 4 is 17.7 Å². The van der Waals surface area contributed by atoms with Crippen LogP contribution in [0.15, 0.2) is 23.1 Å². The fourth-order valence-corrected chi connectivity index (χ4v) is 1.99. The number of rotatable bonds is 4. The van der Waals surface area contributed by atoms with Gasteiger partial charge in [-0.1, -0.05) is 12.1 Å². The molecule has 0 aliphatic rings. The van der Waals surface area contributed by atoms with Gasteiger partial charge < -0.3 is 10.8 Å². The van der Waals surface area contributed by atoms with Crippen molar-refractivity contribution < 1.29 is 9.90 Å². The first-order chi connectivity index (χ1) is 7.04. The van der Waals surface area contributed by atoms with E-state index in [1.165, 1.54) is 10.5 Å². The Labute approximate surface area is 93.7 Å². The van der Waals surface area contributed by atoms with Crippen LogP contribution >= 0.6 is 11.8 Å². The van der Waals surface area contributed by atoms with Crippen molar-refractivity contribution in [1.82, 2.24) is 0 Å². The fourth-order valence-electron chi connectivity index (χ4n) is 1.33. The number of aryl methyl sites for hydroxylation is 1. The maximum Gasteiger partial charge on any atom is 0.320 e. The number of carboxylic acid groups (broad SMARTS) is 1. The van der Waals surface area contributed by atoms with Gasteiger partial charge in [-0.2, -0.15) is 0 Å². The van der Waals surface area contributed by atoms with Crippen molar-refractivity contribution in [2.24, 2.45) is 5.73 Å². The second-order valence-corrected chi connectivity index (χ2v) is 4.30. The van der Waals surface area contributed by atoms with Gasteiger partial charge in [0.15, 0.2) is 0 Å². The molecule has 0 aromatic heterocycles. The van der Waals surface area contributed by atoms with Crippen molar-refractivity contribution in [3.05, 3.63) is 29.3 Å². The highest BCUT2D eigenvalue weighted by atomic mass is 32.2. The molecule has 0 spiro atoms. The SMILES string of the molecule is CSc1cc(CC(N)C(=O)O)ccc1C. The zero-order chi connectivity index (χ0) is 11.4. The highest BCUT2D eigenvalue weighted by molar-refractivity contribution is 7.98. The van der Waals surface area contributed by atoms with Crippen LogP contribution in [0.4, 0.5) is 0 Å². The van der Waals surface area contributed by atoms with Crippen LogP contribution in [0.3, 0.4) is 0 Å². The number of aliphatic carboxylic acids is 1. The van der Waals surface area contributed by atoms with Crippen LogP contribution in [0.5, 0.6) is 0 Å². The molecule has 3 nitrogen and oxygen atoms in total. The van der Waals surface area contributed by atoms with Gasteiger partial charge in [-0.3, -0.25) is 4.79 Å². The number of nitrogens with two attached hydrogens (primary N) is 1. The molecule has 0 amide bonds. The number of carbonyl (C=O) groups is 1. The van der Waals surface area contributed by atoms with Crippen LogP contribution in [0.25, 0.3) is 0 Å². The zero-order valence-electron chi connectivity index (χ0n) is 8.86. The molecule has 0 aliphatic heterocycles. The largest absolute Gasteiger partial charge is 0.480 e. The van der Waals surface area contributed by atoms with Crippen molar-refractivity contribution in [1.29, 1.82) is 0 Å². The first kappa shape index (κ1) is 12.1. The van der Waals surface area contributed by atoms with E-state index in [1.54, 1.807) is 11.8 Å². The molecule has 0 saturated heterocycles. The van der Waals surface area contributed by atoms with Gasteiger partial charge in [0.25, 0.3) is 0 Å². The second kappa shape index (κ2) is 5.19. The third-order valence-electron chi connectivity index (χ3n) is 2.25. The Morgan fingerprint density at radius 1 is 1.60 bits per heavy atom. The predicted octanol–water partition coefficient (Wildman–Crippen LogP) is 1.67. The Balaban J connectivity index is 2.83. The van der Waals surface area contributed by atoms with Crippen molar-refractivity contribution in [3.63, 3.8) is 0 Å². The van der Waals surface area contributed by atoms with Crippen LogP contribution in [-0.2, 0) is 11.2 Å². The Hall–Kier alpha value is -1.00. The van der Waals surface area contributed by atoms with Crippen LogP contribution in [-0.4, -0.2) is 23.4 Å². The summed E-state index contributed by atoms with van der Waals surface area (Å²) in [6.07, 6.45) is 2.38. The standard InChI is InChI=1S/C11H15NO2S/c1-7-3-4-8(6-10(7)15-2)5-9(12)11(13)14/h3-4,6,9H,5,12H2,1-2H3,(H,13,14). The summed E-state index contributed by atoms with van der Waals surface area (Å²) in [5, 5.41) is 8.69. The molecule has 82 valence electrons. The third-order valence-corrected chi connectivity index (χ3v) is 3.12. The molecule has 1 rings (SSSR count). The molecule has 0 bridgehead atoms. The third kappa shape index (κ3) is 3.25. The van der Waals surface area contributed by atoms with E-state index >= 15 is 0 Å². The molecule has 0 heterocycles. The van der Waals surface area contributed by atoms with E-state index in [4.69, 9.17) is 10.8 Å². The van der Waals surface area contributed by atoms with Crippen molar-refractivity contribution in [2.75, 3.05) is 6.26 Å². The smallest absolute Gasteiger partial charge is 0.320 e. The first-order valence-corrected chi connectivity index (χ1v) is 5.89. The molecule has 0 aliphatic carbocycles. The lowest BCUT2D eigenvalue weighted by atomic mass is 10.1. The fraction of sp³-hybridized carbons (Fsp3) is 0.364. The molecule has 0 radical (unpaired) electrons. The molecule has 4 heteroatoms. The van der Waals surface area contributed by atoms with Gasteiger partial charge >= 0.3 is 5.97 Å². The summed E-state index contributed by atoms with van der Waals surface area (Å²) < 4.78 is 0. The lowest BCUT2D eigenvalue weighted by molar-refractivity contribution is -0.138. The number of benzene rings is 1. The summed E-state index contributed by atoms with van der Waals surface area (Å²) in [4.78, 5) is 11.8. The minimum atomic E-state index is -0.957. The van der Waals surface area contributed by atoms with Gasteiger partial charge in [-0.05, 0) is 36.8 Å². The lowest BCUT2D eigenvalue weighted by Crippen LogP contribution is -2.32. The number of thioether (sulfide) groups is 1. The van der Waals surface area contributed by atoms with Gasteiger partial charge in [-0.25, -0.2) is 0 Å². The highest BCUT2D eigenvalue weighted by Crippen LogP contribution is 2.21. The predicted molar refractivity (Wildman–Crippen MR) is 62.3 cm³/mol. The van der Waals surface area contributed by atoms with Crippen molar-refractivity contribution in [3.8, 4) is 0 Å². The molecule has 15 heavy (non-hydrogen) atoms. The Morgan fingerprint density at radius 3 is 2.80 bits per heavy atom. The van der Waals surface area contributed by atoms with Gasteiger partial charge in [-0.15, -0.1) is 11.8 Å². The Morgan fingerprint density at radius 2 is 2.27 bits per heavy atom. The molecular weight excluding hydrogens is 210 g/mol. The second-order valence-electron chi connectivity index (χ2n) is 3.45. The van der Waals surface area contributed by atoms with Crippen LogP contribution in [0, 0.1) is 6.92 Å². The van der Waals surface area contributed by atoms with E-state index in [9.17, 15) is 4.79 Å². The summed E-state index contributed by atoms with van der Waals surface area (Å²) in [7, 11) is 0. The molecule has 1 atom stereocenters. The quantitative estimate of drug-likeness (QED) is 0.765. The van der Waals surface area contributed by atoms with Crippen LogP contribution in [0.1, 0.15) is 11.1 Å². The average molecular weight is 225 g/mol. The Bertz CT molecular complexity index is 366. The summed E-state index contributed by atoms with van der Waals surface area (Å²) in [5.74, 6) is -0.957. The normalized spacial score (nSPS) is 12.5. The van der Waals surface area contributed by atoms with Crippen LogP contribution < -0.4 is 5.73 Å². The van der Waals surface area contributed by atoms with Gasteiger partial charge in [0.05, 0.1) is 0 Å². The van der Waals surface area contributed by atoms with E-state index in [0.29, 0.717) is 6.42 Å². The van der Waals surface area contributed by atoms with E-state index in [0.717, 1.165) is 5.56 Å². The topological polar surface area (TPSA) is 63.3 Å². The lowest BCUT2D eigenvalue weighted by Gasteiger charge is -2.09. The maximum atomic E-state index is 10.6. The minimum Gasteiger partial charge on any atom is -0.480 e. The van der Waals surface area contributed by atoms with E-state index < -0.39 is 12.0 Å². The number of hydrogen-bond donors (Lipinski definition) is 2. The van der Waals surface area contributed by atoms with E-state index in [2.05, 4.69) is 0 Å². The molecular formula is C11H15NO2S. The summed E-state index contributed by atoms with van der Waals surface area (Å²) in [6, 6.07) is 5.11. The van der Waals surface area contributed by atoms with Gasteiger partial charge in [0, 0.05) is 4.90 Å². The minimum absolute atomic E-state index is 0.378. The monoisotopic (exact) mass is 225 g/mol. The molecule has 3 N–H and O–H groups in total. The highest BCUT2D eigenvalue weighted by Gasteiger charge is 2.12. The van der Waals surface area contributed by atoms with Crippen molar-refractivity contribution in [2.45, 2.75) is 24.3 Å². The summed E-state index contributed by atoms with van der Waals surface area (Å²) in [6.45, 7) is 2.03. The van der Waals surface area contributed by atoms with Gasteiger partial charge in [0.2, 0.25) is 0 Å². The van der Waals surface area contributed by atoms with Crippen LogP contribution in [0.2, 0.25) is 0 Å². The average Bonchev–Trinajstić information content (AvgIpc) is 2.20. The summed E-state index contributed by atoms with van der Waals surface area (Å²) in [5.41, 5.74) is 7.65. The van der Waals surface area contributed by atoms with E-state index in [-0.39, 0.29) is 0 Å². The number of carboxylic acids is 1. The zero-order valence-corrected chi connectivity index (χ0v) is 9.67. The molecule has 0 saturated carbocycles. The summed E-state index contributed by atoms with van der Waals surface area (Å²) >= 11 is 1.66. The van der Waals surface area contributed by atoms with Gasteiger partial charge in [0.1, 0.15) is 6.04 Å². The molecule has 1 aromatic rings. The number of hydrogen-bond acceptors (Lipinski definition) is 3. The molecule has 1 unspecified atom stereocenters. The maximum absolute atomic E-state index is 10.6. The molecule has 0 fully saturated rings. The molecule has 1 aromatic carbocycles. The first-order valence-electron chi connectivity index (χ1n) is 4.66.